The summed E-state index contributed by atoms with van der Waals surface area (Å²) < 4.78 is 11.0. The molecule has 1 unspecified atom stereocenters. The third-order valence-electron chi connectivity index (χ3n) is 6.26. The molecule has 10 nitrogen and oxygen atoms in total. The molecule has 0 saturated carbocycles. The molecular formula is C34H59N3O7. The first-order valence-electron chi connectivity index (χ1n) is 16.4. The van der Waals surface area contributed by atoms with Crippen molar-refractivity contribution in [2.24, 2.45) is 5.73 Å². The number of carbonyl (C=O) groups excluding carboxylic acids is 5. The zero-order chi connectivity index (χ0) is 33.6. The van der Waals surface area contributed by atoms with E-state index in [1.807, 2.05) is 13.8 Å². The van der Waals surface area contributed by atoms with Gasteiger partial charge >= 0.3 is 0 Å². The molecular weight excluding hydrogens is 562 g/mol. The summed E-state index contributed by atoms with van der Waals surface area (Å²) in [7, 11) is 1.68. The molecule has 0 radical (unpaired) electrons. The number of nitrogens with zero attached hydrogens (tertiary/aromatic N) is 1. The first-order chi connectivity index (χ1) is 21.3. The Balaban J connectivity index is 0. The van der Waals surface area contributed by atoms with E-state index in [0.29, 0.717) is 25.9 Å². The molecule has 1 aliphatic rings. The molecule has 0 aromatic heterocycles. The SMILES string of the molecule is CC.CCC.CCCCCCCOCCOCCCCCC(=O)NC.NC(=O)C(CCC=O)N1C(=O)c2ccccc2C1=O. The Morgan fingerprint density at radius 2 is 1.32 bits per heavy atom. The lowest BCUT2D eigenvalue weighted by Gasteiger charge is -2.22. The van der Waals surface area contributed by atoms with Crippen LogP contribution in [-0.4, -0.2) is 74.3 Å². The first kappa shape index (κ1) is 43.0. The van der Waals surface area contributed by atoms with Crippen molar-refractivity contribution in [3.05, 3.63) is 35.4 Å². The second-order valence-corrected chi connectivity index (χ2v) is 10.0. The second-order valence-electron chi connectivity index (χ2n) is 10.0. The van der Waals surface area contributed by atoms with Crippen LogP contribution in [0.25, 0.3) is 0 Å². The van der Waals surface area contributed by atoms with Gasteiger partial charge in [-0.05, 0) is 37.8 Å². The molecule has 3 N–H and O–H groups in total. The lowest BCUT2D eigenvalue weighted by atomic mass is 10.1. The van der Waals surface area contributed by atoms with Crippen molar-refractivity contribution in [2.75, 3.05) is 33.5 Å². The minimum Gasteiger partial charge on any atom is -0.379 e. The number of imide groups is 1. The molecule has 44 heavy (non-hydrogen) atoms. The van der Waals surface area contributed by atoms with Crippen molar-refractivity contribution in [1.29, 1.82) is 0 Å². The smallest absolute Gasteiger partial charge is 0.262 e. The van der Waals surface area contributed by atoms with Crippen LogP contribution in [0.3, 0.4) is 0 Å². The largest absolute Gasteiger partial charge is 0.379 e. The van der Waals surface area contributed by atoms with Gasteiger partial charge in [-0.1, -0.05) is 85.3 Å². The number of primary amides is 1. The van der Waals surface area contributed by atoms with Crippen molar-refractivity contribution in [3.8, 4) is 0 Å². The van der Waals surface area contributed by atoms with Gasteiger partial charge in [-0.3, -0.25) is 24.1 Å². The third kappa shape index (κ3) is 19.2. The van der Waals surface area contributed by atoms with E-state index in [1.54, 1.807) is 19.2 Å². The van der Waals surface area contributed by atoms with E-state index in [0.717, 1.165) is 37.4 Å². The summed E-state index contributed by atoms with van der Waals surface area (Å²) in [6, 6.07) is 5.23. The summed E-state index contributed by atoms with van der Waals surface area (Å²) in [5.74, 6) is -1.76. The number of nitrogens with one attached hydrogen (secondary N) is 1. The highest BCUT2D eigenvalue weighted by atomic mass is 16.5. The van der Waals surface area contributed by atoms with Gasteiger partial charge in [0, 0.05) is 33.1 Å². The van der Waals surface area contributed by atoms with Crippen molar-refractivity contribution in [1.82, 2.24) is 10.2 Å². The van der Waals surface area contributed by atoms with Crippen molar-refractivity contribution in [2.45, 2.75) is 118 Å². The van der Waals surface area contributed by atoms with Crippen LogP contribution in [0.5, 0.6) is 0 Å². The van der Waals surface area contributed by atoms with Gasteiger partial charge in [0.05, 0.1) is 24.3 Å². The quantitative estimate of drug-likeness (QED) is 0.105. The fourth-order valence-corrected chi connectivity index (χ4v) is 4.04. The number of fused-ring (bicyclic) bond motifs is 1. The number of unbranched alkanes of at least 4 members (excludes halogenated alkanes) is 6. The highest BCUT2D eigenvalue weighted by molar-refractivity contribution is 6.22. The number of carbonyl (C=O) groups is 5. The zero-order valence-corrected chi connectivity index (χ0v) is 28.2. The zero-order valence-electron chi connectivity index (χ0n) is 28.2. The summed E-state index contributed by atoms with van der Waals surface area (Å²) in [6.45, 7) is 13.5. The fourth-order valence-electron chi connectivity index (χ4n) is 4.04. The Labute approximate surface area is 265 Å². The summed E-state index contributed by atoms with van der Waals surface area (Å²) in [6.07, 6.45) is 12.0. The van der Waals surface area contributed by atoms with E-state index in [2.05, 4.69) is 26.1 Å². The number of amides is 4. The van der Waals surface area contributed by atoms with Gasteiger partial charge in [0.25, 0.3) is 11.8 Å². The highest BCUT2D eigenvalue weighted by Crippen LogP contribution is 2.25. The number of rotatable bonds is 20. The maximum absolute atomic E-state index is 12.1. The summed E-state index contributed by atoms with van der Waals surface area (Å²) in [5, 5.41) is 2.62. The van der Waals surface area contributed by atoms with E-state index < -0.39 is 23.8 Å². The van der Waals surface area contributed by atoms with Crippen molar-refractivity contribution < 1.29 is 33.4 Å². The topological polar surface area (TPSA) is 145 Å². The van der Waals surface area contributed by atoms with Gasteiger partial charge in [0.2, 0.25) is 11.8 Å². The van der Waals surface area contributed by atoms with Crippen molar-refractivity contribution >= 4 is 29.9 Å². The molecule has 1 heterocycles. The number of benzene rings is 1. The standard InChI is InChI=1S/C16H33NO3.C13H12N2O4.C3H8.C2H6/c1-3-4-5-6-9-12-19-14-15-20-13-10-7-8-11-16(18)17-2;14-11(17)10(6-3-7-16)15-12(18)8-4-1-2-5-9(8)13(15)19;1-3-2;1-2/h3-15H2,1-2H3,(H,17,18);1-2,4-5,7,10H,3,6H2,(H2,14,17);3H2,1-2H3;1-2H3. The van der Waals surface area contributed by atoms with Gasteiger partial charge < -0.3 is 25.3 Å². The Morgan fingerprint density at radius 3 is 1.75 bits per heavy atom. The van der Waals surface area contributed by atoms with Crippen LogP contribution in [0.4, 0.5) is 0 Å². The van der Waals surface area contributed by atoms with Crippen LogP contribution >= 0.6 is 0 Å². The van der Waals surface area contributed by atoms with E-state index >= 15 is 0 Å². The Bertz CT molecular complexity index is 889. The van der Waals surface area contributed by atoms with Crippen LogP contribution in [0.2, 0.25) is 0 Å². The van der Waals surface area contributed by atoms with Crippen LogP contribution in [0.15, 0.2) is 24.3 Å². The molecule has 1 aromatic carbocycles. The molecule has 1 atom stereocenters. The Morgan fingerprint density at radius 1 is 0.841 bits per heavy atom. The number of nitrogens with two attached hydrogens (primary N) is 1. The number of aldehydes is 1. The van der Waals surface area contributed by atoms with E-state index in [1.165, 1.54) is 50.7 Å². The normalized spacial score (nSPS) is 12.0. The van der Waals surface area contributed by atoms with Gasteiger partial charge in [-0.25, -0.2) is 0 Å². The van der Waals surface area contributed by atoms with Crippen LogP contribution < -0.4 is 11.1 Å². The molecule has 0 aliphatic carbocycles. The molecule has 0 bridgehead atoms. The predicted octanol–water partition coefficient (Wildman–Crippen LogP) is 5.85. The maximum Gasteiger partial charge on any atom is 0.262 e. The van der Waals surface area contributed by atoms with Crippen LogP contribution in [0, 0.1) is 0 Å². The van der Waals surface area contributed by atoms with E-state index in [-0.39, 0.29) is 29.9 Å². The molecule has 0 saturated heterocycles. The second kappa shape index (κ2) is 29.9. The van der Waals surface area contributed by atoms with Crippen LogP contribution in [-0.2, 0) is 23.9 Å². The number of hydrogen-bond acceptors (Lipinski definition) is 7. The van der Waals surface area contributed by atoms with Gasteiger partial charge in [0.15, 0.2) is 0 Å². The lowest BCUT2D eigenvalue weighted by Crippen LogP contribution is -2.47. The molecule has 4 amide bonds. The average molecular weight is 622 g/mol. The highest BCUT2D eigenvalue weighted by Gasteiger charge is 2.41. The Hall–Kier alpha value is -3.11. The van der Waals surface area contributed by atoms with E-state index in [4.69, 9.17) is 15.2 Å². The fraction of sp³-hybridized carbons (Fsp3) is 0.676. The minimum atomic E-state index is -1.09. The first-order valence-corrected chi connectivity index (χ1v) is 16.4. The predicted molar refractivity (Wildman–Crippen MR) is 175 cm³/mol. The summed E-state index contributed by atoms with van der Waals surface area (Å²) in [5.41, 5.74) is 5.72. The molecule has 0 fully saturated rings. The number of ether oxygens (including phenoxy) is 2. The van der Waals surface area contributed by atoms with Gasteiger partial charge in [-0.2, -0.15) is 0 Å². The average Bonchev–Trinajstić information content (AvgIpc) is 3.28. The Kier molecular flexibility index (Phi) is 29.3. The monoisotopic (exact) mass is 621 g/mol. The number of hydrogen-bond donors (Lipinski definition) is 2. The van der Waals surface area contributed by atoms with Crippen LogP contribution in [0.1, 0.15) is 132 Å². The van der Waals surface area contributed by atoms with E-state index in [9.17, 15) is 24.0 Å². The minimum absolute atomic E-state index is 0.0459. The van der Waals surface area contributed by atoms with Gasteiger partial charge in [0.1, 0.15) is 12.3 Å². The molecule has 10 heteroatoms. The molecule has 1 aliphatic heterocycles. The van der Waals surface area contributed by atoms with Crippen molar-refractivity contribution in [3.63, 3.8) is 0 Å². The summed E-state index contributed by atoms with van der Waals surface area (Å²) in [4.78, 5) is 57.8. The third-order valence-corrected chi connectivity index (χ3v) is 6.26. The molecule has 1 aromatic rings. The van der Waals surface area contributed by atoms with Gasteiger partial charge in [-0.15, -0.1) is 0 Å². The lowest BCUT2D eigenvalue weighted by molar-refractivity contribution is -0.122. The maximum atomic E-state index is 12.1. The molecule has 2 rings (SSSR count). The molecule has 0 spiro atoms. The molecule has 252 valence electrons. The summed E-state index contributed by atoms with van der Waals surface area (Å²) >= 11 is 0.